The second-order valence-corrected chi connectivity index (χ2v) is 7.99. The van der Waals surface area contributed by atoms with E-state index in [1.165, 1.54) is 0 Å². The van der Waals surface area contributed by atoms with Crippen molar-refractivity contribution < 1.29 is 14.6 Å². The van der Waals surface area contributed by atoms with E-state index in [1.54, 1.807) is 20.3 Å². The Labute approximate surface area is 184 Å². The van der Waals surface area contributed by atoms with Crippen molar-refractivity contribution in [3.05, 3.63) is 87.9 Å². The van der Waals surface area contributed by atoms with Crippen LogP contribution in [0, 0.1) is 0 Å². The van der Waals surface area contributed by atoms with E-state index in [-0.39, 0.29) is 18.0 Å². The summed E-state index contributed by atoms with van der Waals surface area (Å²) in [5.74, 6) is 1.83. The number of para-hydroxylation sites is 1. The second-order valence-electron chi connectivity index (χ2n) is 7.08. The van der Waals surface area contributed by atoms with Crippen LogP contribution >= 0.6 is 15.9 Å². The van der Waals surface area contributed by atoms with Crippen molar-refractivity contribution in [2.45, 2.75) is 18.6 Å². The first-order valence-corrected chi connectivity index (χ1v) is 10.5. The number of hydrogen-bond acceptors (Lipinski definition) is 5. The van der Waals surface area contributed by atoms with Gasteiger partial charge in [-0.2, -0.15) is 0 Å². The average Bonchev–Trinajstić information content (AvgIpc) is 2.79. The van der Waals surface area contributed by atoms with Gasteiger partial charge in [0.15, 0.2) is 0 Å². The molecule has 4 rings (SSSR count). The molecule has 0 radical (unpaired) electrons. The van der Waals surface area contributed by atoms with E-state index in [0.717, 1.165) is 38.4 Å². The lowest BCUT2D eigenvalue weighted by atomic mass is 9.93. The van der Waals surface area contributed by atoms with Gasteiger partial charge in [-0.1, -0.05) is 34.1 Å². The standard InChI is InChI=1S/C24H23BrN2O3/c1-29-17-10-7-15(8-11-17)20-14-21(18-5-3-4-6-22(18)28)27-24(26-20)19-13-16(25)9-12-23(19)30-2/h3-13,21,24,27-28H,14H2,1-2H3/t21-,24-/m0/s1. The van der Waals surface area contributed by atoms with Crippen molar-refractivity contribution in [2.24, 2.45) is 4.99 Å². The highest BCUT2D eigenvalue weighted by Crippen LogP contribution is 2.37. The van der Waals surface area contributed by atoms with E-state index in [2.05, 4.69) is 21.2 Å². The van der Waals surface area contributed by atoms with Gasteiger partial charge in [-0.3, -0.25) is 10.3 Å². The zero-order valence-electron chi connectivity index (χ0n) is 16.8. The number of aromatic hydroxyl groups is 1. The van der Waals surface area contributed by atoms with Crippen LogP contribution in [0.25, 0.3) is 0 Å². The summed E-state index contributed by atoms with van der Waals surface area (Å²) < 4.78 is 11.8. The molecule has 0 aliphatic carbocycles. The Morgan fingerprint density at radius 2 is 1.73 bits per heavy atom. The van der Waals surface area contributed by atoms with Gasteiger partial charge in [0.1, 0.15) is 23.4 Å². The molecule has 3 aromatic rings. The Morgan fingerprint density at radius 1 is 0.967 bits per heavy atom. The summed E-state index contributed by atoms with van der Waals surface area (Å²) in [5, 5.41) is 14.0. The lowest BCUT2D eigenvalue weighted by Gasteiger charge is -2.31. The molecule has 0 spiro atoms. The van der Waals surface area contributed by atoms with Gasteiger partial charge in [-0.15, -0.1) is 0 Å². The molecule has 0 aromatic heterocycles. The molecular weight excluding hydrogens is 444 g/mol. The maximum absolute atomic E-state index is 10.5. The van der Waals surface area contributed by atoms with E-state index in [1.807, 2.05) is 60.7 Å². The molecule has 1 aliphatic rings. The number of nitrogens with one attached hydrogen (secondary N) is 1. The molecule has 2 N–H and O–H groups in total. The SMILES string of the molecule is COc1ccc(C2=N[C@H](c3cc(Br)ccc3OC)N[C@H](c3ccccc3O)C2)cc1. The molecule has 2 atom stereocenters. The highest BCUT2D eigenvalue weighted by Gasteiger charge is 2.29. The number of rotatable bonds is 5. The van der Waals surface area contributed by atoms with Gasteiger partial charge in [-0.05, 0) is 54.1 Å². The minimum Gasteiger partial charge on any atom is -0.508 e. The summed E-state index contributed by atoms with van der Waals surface area (Å²) in [7, 11) is 3.31. The van der Waals surface area contributed by atoms with Gasteiger partial charge in [0.25, 0.3) is 0 Å². The highest BCUT2D eigenvalue weighted by atomic mass is 79.9. The van der Waals surface area contributed by atoms with Gasteiger partial charge in [0.05, 0.1) is 14.2 Å². The molecule has 154 valence electrons. The van der Waals surface area contributed by atoms with Crippen LogP contribution in [0.5, 0.6) is 17.2 Å². The number of aliphatic imine (C=N–C) groups is 1. The van der Waals surface area contributed by atoms with Crippen LogP contribution in [0.2, 0.25) is 0 Å². The smallest absolute Gasteiger partial charge is 0.130 e. The van der Waals surface area contributed by atoms with Gasteiger partial charge in [-0.25, -0.2) is 0 Å². The molecule has 1 aliphatic heterocycles. The summed E-state index contributed by atoms with van der Waals surface area (Å²) in [6.45, 7) is 0. The van der Waals surface area contributed by atoms with Crippen molar-refractivity contribution in [2.75, 3.05) is 14.2 Å². The van der Waals surface area contributed by atoms with Crippen LogP contribution < -0.4 is 14.8 Å². The number of benzene rings is 3. The lowest BCUT2D eigenvalue weighted by molar-refractivity contribution is 0.381. The molecule has 0 fully saturated rings. The molecule has 1 heterocycles. The van der Waals surface area contributed by atoms with Crippen LogP contribution in [0.15, 0.2) is 76.2 Å². The molecule has 6 heteroatoms. The number of hydrogen-bond donors (Lipinski definition) is 2. The van der Waals surface area contributed by atoms with Crippen LogP contribution in [0.3, 0.4) is 0 Å². The summed E-state index contributed by atoms with van der Waals surface area (Å²) in [6, 6.07) is 21.1. The fourth-order valence-electron chi connectivity index (χ4n) is 3.72. The predicted octanol–water partition coefficient (Wildman–Crippen LogP) is 5.39. The number of ether oxygens (including phenoxy) is 2. The van der Waals surface area contributed by atoms with E-state index >= 15 is 0 Å². The maximum Gasteiger partial charge on any atom is 0.130 e. The Morgan fingerprint density at radius 3 is 2.43 bits per heavy atom. The van der Waals surface area contributed by atoms with E-state index < -0.39 is 0 Å². The molecule has 0 saturated carbocycles. The average molecular weight is 467 g/mol. The lowest BCUT2D eigenvalue weighted by Crippen LogP contribution is -2.33. The first kappa shape index (κ1) is 20.4. The molecule has 0 unspecified atom stereocenters. The maximum atomic E-state index is 10.5. The first-order chi connectivity index (χ1) is 14.6. The van der Waals surface area contributed by atoms with E-state index in [4.69, 9.17) is 14.5 Å². The number of nitrogens with zero attached hydrogens (tertiary/aromatic N) is 1. The Kier molecular flexibility index (Phi) is 6.06. The molecule has 3 aromatic carbocycles. The fraction of sp³-hybridized carbons (Fsp3) is 0.208. The zero-order valence-corrected chi connectivity index (χ0v) is 18.4. The van der Waals surface area contributed by atoms with E-state index in [9.17, 15) is 5.11 Å². The molecule has 0 saturated heterocycles. The van der Waals surface area contributed by atoms with Crippen molar-refractivity contribution in [3.8, 4) is 17.2 Å². The molecule has 5 nitrogen and oxygen atoms in total. The highest BCUT2D eigenvalue weighted by molar-refractivity contribution is 9.10. The van der Waals surface area contributed by atoms with Crippen molar-refractivity contribution in [1.82, 2.24) is 5.32 Å². The minimum atomic E-state index is -0.326. The predicted molar refractivity (Wildman–Crippen MR) is 122 cm³/mol. The van der Waals surface area contributed by atoms with Gasteiger partial charge in [0, 0.05) is 33.8 Å². The van der Waals surface area contributed by atoms with Crippen molar-refractivity contribution in [1.29, 1.82) is 0 Å². The van der Waals surface area contributed by atoms with E-state index in [0.29, 0.717) is 6.42 Å². The second kappa shape index (κ2) is 8.90. The third kappa shape index (κ3) is 4.20. The van der Waals surface area contributed by atoms with Crippen molar-refractivity contribution in [3.63, 3.8) is 0 Å². The summed E-state index contributed by atoms with van der Waals surface area (Å²) in [6.07, 6.45) is 0.324. The monoisotopic (exact) mass is 466 g/mol. The number of methoxy groups -OCH3 is 2. The largest absolute Gasteiger partial charge is 0.508 e. The molecule has 0 bridgehead atoms. The third-order valence-electron chi connectivity index (χ3n) is 5.26. The van der Waals surface area contributed by atoms with Crippen LogP contribution in [-0.2, 0) is 0 Å². The van der Waals surface area contributed by atoms with Crippen LogP contribution in [0.1, 0.15) is 35.3 Å². The van der Waals surface area contributed by atoms with Gasteiger partial charge >= 0.3 is 0 Å². The Balaban J connectivity index is 1.79. The summed E-state index contributed by atoms with van der Waals surface area (Å²) in [4.78, 5) is 5.02. The van der Waals surface area contributed by atoms with Crippen molar-refractivity contribution >= 4 is 21.6 Å². The molecular formula is C24H23BrN2O3. The number of phenolic OH excluding ortho intramolecular Hbond substituents is 1. The zero-order chi connectivity index (χ0) is 21.1. The normalized spacial score (nSPS) is 18.6. The Bertz CT molecular complexity index is 1070. The van der Waals surface area contributed by atoms with Gasteiger partial charge < -0.3 is 14.6 Å². The number of halogens is 1. The molecule has 0 amide bonds. The summed E-state index contributed by atoms with van der Waals surface area (Å²) in [5.41, 5.74) is 3.75. The number of phenols is 1. The molecule has 30 heavy (non-hydrogen) atoms. The topological polar surface area (TPSA) is 63.1 Å². The first-order valence-electron chi connectivity index (χ1n) is 9.67. The van der Waals surface area contributed by atoms with Gasteiger partial charge in [0.2, 0.25) is 0 Å². The van der Waals surface area contributed by atoms with Crippen LogP contribution in [-0.4, -0.2) is 25.0 Å². The third-order valence-corrected chi connectivity index (χ3v) is 5.76. The van der Waals surface area contributed by atoms with Crippen LogP contribution in [0.4, 0.5) is 0 Å². The fourth-order valence-corrected chi connectivity index (χ4v) is 4.10. The minimum absolute atomic E-state index is 0.102. The summed E-state index contributed by atoms with van der Waals surface area (Å²) >= 11 is 3.55. The quantitative estimate of drug-likeness (QED) is 0.528. The Hall–Kier alpha value is -2.83.